The third kappa shape index (κ3) is 5.78. The molecule has 3 N–H and O–H groups in total. The number of para-hydroxylation sites is 1. The minimum Gasteiger partial charge on any atom is -0.504 e. The van der Waals surface area contributed by atoms with Crippen LogP contribution in [0.4, 0.5) is 0 Å². The van der Waals surface area contributed by atoms with Crippen molar-refractivity contribution in [3.8, 4) is 11.5 Å². The summed E-state index contributed by atoms with van der Waals surface area (Å²) in [5, 5.41) is 9.88. The number of phenolic OH excluding ortho intramolecular Hbond substituents is 1. The first-order valence-electron chi connectivity index (χ1n) is 7.44. The highest BCUT2D eigenvalue weighted by Gasteiger charge is 2.17. The highest BCUT2D eigenvalue weighted by Crippen LogP contribution is 2.28. The summed E-state index contributed by atoms with van der Waals surface area (Å²) in [5.74, 6) is -0.744. The Morgan fingerprint density at radius 3 is 2.52 bits per heavy atom. The van der Waals surface area contributed by atoms with Gasteiger partial charge in [-0.15, -0.1) is 0 Å². The molecule has 23 heavy (non-hydrogen) atoms. The molecule has 0 radical (unpaired) electrons. The third-order valence-electron chi connectivity index (χ3n) is 3.20. The van der Waals surface area contributed by atoms with Crippen LogP contribution < -0.4 is 15.6 Å². The highest BCUT2D eigenvalue weighted by atomic mass is 16.5. The van der Waals surface area contributed by atoms with Gasteiger partial charge in [0.15, 0.2) is 11.5 Å². The maximum Gasteiger partial charge on any atom is 0.273 e. The monoisotopic (exact) mass is 324 g/mol. The van der Waals surface area contributed by atoms with Crippen molar-refractivity contribution in [2.45, 2.75) is 33.3 Å². The topological polar surface area (TPSA) is 96.9 Å². The van der Waals surface area contributed by atoms with E-state index in [0.29, 0.717) is 12.5 Å². The van der Waals surface area contributed by atoms with E-state index in [1.807, 2.05) is 0 Å². The van der Waals surface area contributed by atoms with Gasteiger partial charge in [-0.3, -0.25) is 20.4 Å². The number of benzene rings is 1. The van der Waals surface area contributed by atoms with E-state index in [1.165, 1.54) is 19.2 Å². The van der Waals surface area contributed by atoms with E-state index in [9.17, 15) is 14.7 Å². The lowest BCUT2D eigenvalue weighted by atomic mass is 10.1. The van der Waals surface area contributed by atoms with E-state index in [2.05, 4.69) is 24.7 Å². The summed E-state index contributed by atoms with van der Waals surface area (Å²) in [4.78, 5) is 23.8. The zero-order chi connectivity index (χ0) is 17.4. The molecule has 1 aromatic carbocycles. The van der Waals surface area contributed by atoms with Crippen LogP contribution in [0.1, 0.15) is 37.6 Å². The average molecular weight is 324 g/mol. The summed E-state index contributed by atoms with van der Waals surface area (Å²) in [7, 11) is 1.38. The Balaban J connectivity index is 2.51. The summed E-state index contributed by atoms with van der Waals surface area (Å²) < 4.78 is 10.3. The molecule has 7 heteroatoms. The van der Waals surface area contributed by atoms with Gasteiger partial charge in [0.1, 0.15) is 6.10 Å². The maximum absolute atomic E-state index is 12.0. The fourth-order valence-corrected chi connectivity index (χ4v) is 1.71. The van der Waals surface area contributed by atoms with Crippen LogP contribution in [0.3, 0.4) is 0 Å². The number of amides is 2. The van der Waals surface area contributed by atoms with E-state index in [0.717, 1.165) is 6.42 Å². The third-order valence-corrected chi connectivity index (χ3v) is 3.20. The molecule has 0 saturated heterocycles. The Bertz CT molecular complexity index is 545. The second-order valence-corrected chi connectivity index (χ2v) is 5.50. The molecule has 1 atom stereocenters. The number of rotatable bonds is 7. The fraction of sp³-hybridized carbons (Fsp3) is 0.500. The molecule has 0 aliphatic heterocycles. The summed E-state index contributed by atoms with van der Waals surface area (Å²) in [6.07, 6.45) is 0.162. The van der Waals surface area contributed by atoms with Gasteiger partial charge in [-0.25, -0.2) is 0 Å². The van der Waals surface area contributed by atoms with Gasteiger partial charge in [-0.1, -0.05) is 19.9 Å². The predicted molar refractivity (Wildman–Crippen MR) is 85.1 cm³/mol. The van der Waals surface area contributed by atoms with Gasteiger partial charge in [0, 0.05) is 6.61 Å². The van der Waals surface area contributed by atoms with Crippen LogP contribution in [0.15, 0.2) is 18.2 Å². The van der Waals surface area contributed by atoms with Gasteiger partial charge in [-0.2, -0.15) is 0 Å². The van der Waals surface area contributed by atoms with Gasteiger partial charge in [-0.05, 0) is 31.4 Å². The molecular formula is C16H24N2O5. The second-order valence-electron chi connectivity index (χ2n) is 5.50. The zero-order valence-corrected chi connectivity index (χ0v) is 13.9. The Labute approximate surface area is 135 Å². The van der Waals surface area contributed by atoms with Crippen LogP contribution >= 0.6 is 0 Å². The smallest absolute Gasteiger partial charge is 0.273 e. The molecule has 1 unspecified atom stereocenters. The van der Waals surface area contributed by atoms with Crippen molar-refractivity contribution in [1.82, 2.24) is 10.9 Å². The highest BCUT2D eigenvalue weighted by molar-refractivity contribution is 5.98. The number of methoxy groups -OCH3 is 1. The Morgan fingerprint density at radius 1 is 1.22 bits per heavy atom. The van der Waals surface area contributed by atoms with E-state index >= 15 is 0 Å². The van der Waals surface area contributed by atoms with Crippen molar-refractivity contribution >= 4 is 11.8 Å². The van der Waals surface area contributed by atoms with E-state index in [-0.39, 0.29) is 17.1 Å². The molecule has 0 aromatic heterocycles. The number of carbonyl (C=O) groups excluding carboxylic acids is 2. The van der Waals surface area contributed by atoms with Gasteiger partial charge < -0.3 is 14.6 Å². The van der Waals surface area contributed by atoms with Crippen LogP contribution in [0.5, 0.6) is 11.5 Å². The first-order valence-corrected chi connectivity index (χ1v) is 7.44. The molecule has 0 aliphatic carbocycles. The van der Waals surface area contributed by atoms with Crippen molar-refractivity contribution in [3.63, 3.8) is 0 Å². The average Bonchev–Trinajstić information content (AvgIpc) is 2.51. The summed E-state index contributed by atoms with van der Waals surface area (Å²) in [5.41, 5.74) is 4.50. The molecule has 0 spiro atoms. The van der Waals surface area contributed by atoms with Crippen LogP contribution in [0.25, 0.3) is 0 Å². The molecule has 0 bridgehead atoms. The number of hydrazine groups is 1. The molecule has 1 rings (SSSR count). The standard InChI is InChI=1S/C16H24N2O5/c1-10(2)8-9-23-11(3)15(20)17-18-16(21)12-6-5-7-13(22-4)14(12)19/h5-7,10-11,19H,8-9H2,1-4H3,(H,17,20)(H,18,21). The van der Waals surface area contributed by atoms with Gasteiger partial charge >= 0.3 is 0 Å². The number of carbonyl (C=O) groups is 2. The molecular weight excluding hydrogens is 300 g/mol. The van der Waals surface area contributed by atoms with Crippen LogP contribution in [0, 0.1) is 5.92 Å². The minimum absolute atomic E-state index is 0.00182. The predicted octanol–water partition coefficient (Wildman–Crippen LogP) is 1.61. The Morgan fingerprint density at radius 2 is 1.91 bits per heavy atom. The van der Waals surface area contributed by atoms with E-state index in [4.69, 9.17) is 9.47 Å². The van der Waals surface area contributed by atoms with Gasteiger partial charge in [0.2, 0.25) is 0 Å². The van der Waals surface area contributed by atoms with Crippen molar-refractivity contribution in [2.24, 2.45) is 5.92 Å². The number of aromatic hydroxyl groups is 1. The first kappa shape index (κ1) is 18.8. The van der Waals surface area contributed by atoms with Crippen molar-refractivity contribution in [3.05, 3.63) is 23.8 Å². The molecule has 0 aliphatic rings. The molecule has 7 nitrogen and oxygen atoms in total. The quantitative estimate of drug-likeness (QED) is 0.662. The first-order chi connectivity index (χ1) is 10.9. The lowest BCUT2D eigenvalue weighted by molar-refractivity contribution is -0.132. The van der Waals surface area contributed by atoms with Crippen molar-refractivity contribution in [2.75, 3.05) is 13.7 Å². The molecule has 0 saturated carbocycles. The van der Waals surface area contributed by atoms with Crippen LogP contribution in [0.2, 0.25) is 0 Å². The molecule has 2 amide bonds. The number of ether oxygens (including phenoxy) is 2. The Kier molecular flexibility index (Phi) is 7.34. The van der Waals surface area contributed by atoms with E-state index in [1.54, 1.807) is 13.0 Å². The Hall–Kier alpha value is -2.28. The maximum atomic E-state index is 12.0. The zero-order valence-electron chi connectivity index (χ0n) is 13.9. The van der Waals surface area contributed by atoms with Gasteiger partial charge in [0.25, 0.3) is 11.8 Å². The second kappa shape index (κ2) is 8.99. The number of hydrogen-bond acceptors (Lipinski definition) is 5. The number of nitrogens with one attached hydrogen (secondary N) is 2. The van der Waals surface area contributed by atoms with Crippen LogP contribution in [-0.4, -0.2) is 36.7 Å². The van der Waals surface area contributed by atoms with Gasteiger partial charge in [0.05, 0.1) is 12.7 Å². The molecule has 0 fully saturated rings. The number of phenols is 1. The normalized spacial score (nSPS) is 11.9. The fourth-order valence-electron chi connectivity index (χ4n) is 1.71. The minimum atomic E-state index is -0.687. The van der Waals surface area contributed by atoms with Crippen molar-refractivity contribution in [1.29, 1.82) is 0 Å². The molecule has 128 valence electrons. The summed E-state index contributed by atoms with van der Waals surface area (Å²) in [6, 6.07) is 4.50. The summed E-state index contributed by atoms with van der Waals surface area (Å²) in [6.45, 7) is 6.20. The lowest BCUT2D eigenvalue weighted by Gasteiger charge is -2.15. The SMILES string of the molecule is COc1cccc(C(=O)NNC(=O)C(C)OCCC(C)C)c1O. The summed E-state index contributed by atoms with van der Waals surface area (Å²) >= 11 is 0. The molecule has 1 aromatic rings. The van der Waals surface area contributed by atoms with Crippen LogP contribution in [-0.2, 0) is 9.53 Å². The van der Waals surface area contributed by atoms with E-state index < -0.39 is 17.9 Å². The molecule has 0 heterocycles. The number of hydrogen-bond donors (Lipinski definition) is 3. The largest absolute Gasteiger partial charge is 0.504 e. The van der Waals surface area contributed by atoms with Crippen molar-refractivity contribution < 1.29 is 24.2 Å². The lowest BCUT2D eigenvalue weighted by Crippen LogP contribution is -2.46.